The summed E-state index contributed by atoms with van der Waals surface area (Å²) in [7, 11) is 1.86. The molecular weight excluding hydrogens is 753 g/mol. The molecule has 0 saturated carbocycles. The molecule has 310 valence electrons. The van der Waals surface area contributed by atoms with Gasteiger partial charge in [0.05, 0.1) is 0 Å². The molecule has 0 spiro atoms. The second kappa shape index (κ2) is 21.8. The van der Waals surface area contributed by atoms with Crippen LogP contribution in [0.25, 0.3) is 0 Å². The van der Waals surface area contributed by atoms with E-state index in [1.54, 1.807) is 83.1 Å². The van der Waals surface area contributed by atoms with E-state index < -0.39 is 94.4 Å². The van der Waals surface area contributed by atoms with Gasteiger partial charge in [0.25, 0.3) is 0 Å². The van der Waals surface area contributed by atoms with Crippen molar-refractivity contribution in [1.29, 1.82) is 0 Å². The molecule has 0 aromatic rings. The van der Waals surface area contributed by atoms with E-state index >= 15 is 0 Å². The third-order valence-electron chi connectivity index (χ3n) is 5.90. The maximum Gasteiger partial charge on any atom is 0.408 e. The van der Waals surface area contributed by atoms with Crippen LogP contribution in [0.1, 0.15) is 109 Å². The van der Waals surface area contributed by atoms with Gasteiger partial charge in [-0.1, -0.05) is 21.6 Å². The summed E-state index contributed by atoms with van der Waals surface area (Å²) in [4.78, 5) is 99.3. The zero-order valence-electron chi connectivity index (χ0n) is 33.2. The zero-order valence-corrected chi connectivity index (χ0v) is 34.8. The summed E-state index contributed by atoms with van der Waals surface area (Å²) in [5.41, 5.74) is -3.53. The normalized spacial score (nSPS) is 14.2. The number of esters is 2. The van der Waals surface area contributed by atoms with Crippen LogP contribution in [0.4, 0.5) is 9.59 Å². The Balaban J connectivity index is 5.27. The van der Waals surface area contributed by atoms with Gasteiger partial charge in [-0.3, -0.25) is 9.59 Å². The number of amides is 4. The number of carboxylic acids is 2. The van der Waals surface area contributed by atoms with Crippen LogP contribution < -0.4 is 21.3 Å². The highest BCUT2D eigenvalue weighted by Gasteiger charge is 2.32. The number of ether oxygens (including phenoxy) is 4. The number of alkyl carbamates (subject to hydrolysis) is 2. The first-order chi connectivity index (χ1) is 24.4. The van der Waals surface area contributed by atoms with Crippen LogP contribution in [0.2, 0.25) is 0 Å². The van der Waals surface area contributed by atoms with Gasteiger partial charge >= 0.3 is 36.1 Å². The highest BCUT2D eigenvalue weighted by Crippen LogP contribution is 2.24. The quantitative estimate of drug-likeness (QED) is 0.0472. The Labute approximate surface area is 324 Å². The summed E-state index contributed by atoms with van der Waals surface area (Å²) in [5, 5.41) is 28.8. The van der Waals surface area contributed by atoms with Gasteiger partial charge in [-0.15, -0.1) is 0 Å². The first kappa shape index (κ1) is 50.1. The molecule has 0 fully saturated rings. The van der Waals surface area contributed by atoms with Gasteiger partial charge in [0, 0.05) is 24.3 Å². The van der Waals surface area contributed by atoms with E-state index in [9.17, 15) is 48.6 Å². The number of aliphatic carboxylic acids is 2. The number of carboxylic acid groups (broad SMARTS) is 2. The summed E-state index contributed by atoms with van der Waals surface area (Å²) in [5.74, 6) is -6.28. The van der Waals surface area contributed by atoms with Crippen molar-refractivity contribution >= 4 is 69.5 Å². The highest BCUT2D eigenvalue weighted by atomic mass is 33.1. The van der Waals surface area contributed by atoms with Crippen molar-refractivity contribution in [2.24, 2.45) is 0 Å². The van der Waals surface area contributed by atoms with Crippen molar-refractivity contribution in [3.63, 3.8) is 0 Å². The van der Waals surface area contributed by atoms with E-state index in [0.29, 0.717) is 0 Å². The lowest BCUT2D eigenvalue weighted by Crippen LogP contribution is -2.47. The molecule has 0 aliphatic rings. The number of carbonyl (C=O) groups is 8. The lowest BCUT2D eigenvalue weighted by molar-refractivity contribution is -0.158. The first-order valence-electron chi connectivity index (χ1n) is 17.1. The first-order valence-corrected chi connectivity index (χ1v) is 19.6. The van der Waals surface area contributed by atoms with Crippen LogP contribution in [0.3, 0.4) is 0 Å². The van der Waals surface area contributed by atoms with E-state index in [2.05, 4.69) is 21.3 Å². The topological polar surface area (TPSA) is 262 Å². The molecule has 0 radical (unpaired) electrons. The van der Waals surface area contributed by atoms with Crippen LogP contribution >= 0.6 is 21.6 Å². The summed E-state index contributed by atoms with van der Waals surface area (Å²) in [6, 6.07) is -5.36. The van der Waals surface area contributed by atoms with Gasteiger partial charge in [0.1, 0.15) is 46.6 Å². The van der Waals surface area contributed by atoms with E-state index in [1.807, 2.05) is 0 Å². The number of nitrogens with one attached hydrogen (secondary N) is 4. The molecule has 0 saturated heterocycles. The Hall–Kier alpha value is -3.94. The maximum absolute atomic E-state index is 12.7. The van der Waals surface area contributed by atoms with E-state index in [1.165, 1.54) is 0 Å². The van der Waals surface area contributed by atoms with Crippen LogP contribution in [-0.4, -0.2) is 116 Å². The van der Waals surface area contributed by atoms with Crippen molar-refractivity contribution in [2.45, 2.75) is 155 Å². The predicted octanol–water partition coefficient (Wildman–Crippen LogP) is 3.54. The van der Waals surface area contributed by atoms with E-state index in [4.69, 9.17) is 18.9 Å². The number of rotatable bonds is 19. The molecule has 54 heavy (non-hydrogen) atoms. The fraction of sp³-hybridized carbons (Fsp3) is 0.765. The Bertz CT molecular complexity index is 1230. The third-order valence-corrected chi connectivity index (χ3v) is 8.33. The Kier molecular flexibility index (Phi) is 20.2. The van der Waals surface area contributed by atoms with Crippen LogP contribution in [0, 0.1) is 0 Å². The summed E-state index contributed by atoms with van der Waals surface area (Å²) >= 11 is 0. The Morgan fingerprint density at radius 2 is 0.741 bits per heavy atom. The van der Waals surface area contributed by atoms with Gasteiger partial charge in [-0.2, -0.15) is 0 Å². The molecule has 4 atom stereocenters. The average molecular weight is 811 g/mol. The van der Waals surface area contributed by atoms with E-state index in [-0.39, 0.29) is 37.2 Å². The second-order valence-corrected chi connectivity index (χ2v) is 18.6. The Morgan fingerprint density at radius 1 is 0.463 bits per heavy atom. The van der Waals surface area contributed by atoms with Gasteiger partial charge in [0.2, 0.25) is 11.8 Å². The van der Waals surface area contributed by atoms with Crippen molar-refractivity contribution in [1.82, 2.24) is 21.3 Å². The molecule has 0 aliphatic heterocycles. The molecule has 4 unspecified atom stereocenters. The van der Waals surface area contributed by atoms with Gasteiger partial charge in [0.15, 0.2) is 0 Å². The van der Waals surface area contributed by atoms with Crippen LogP contribution in [0.5, 0.6) is 0 Å². The predicted molar refractivity (Wildman–Crippen MR) is 201 cm³/mol. The van der Waals surface area contributed by atoms with Crippen LogP contribution in [-0.2, 0) is 47.7 Å². The molecule has 0 bridgehead atoms. The van der Waals surface area contributed by atoms with Crippen molar-refractivity contribution in [3.8, 4) is 0 Å². The molecule has 0 rings (SSSR count). The summed E-state index contributed by atoms with van der Waals surface area (Å²) < 4.78 is 21.1. The van der Waals surface area contributed by atoms with Crippen molar-refractivity contribution in [2.75, 3.05) is 11.5 Å². The Morgan fingerprint density at radius 3 is 0.981 bits per heavy atom. The van der Waals surface area contributed by atoms with Crippen molar-refractivity contribution < 1.29 is 67.5 Å². The molecule has 6 N–H and O–H groups in total. The molecule has 4 amide bonds. The minimum atomic E-state index is -1.41. The molecule has 18 nitrogen and oxygen atoms in total. The minimum absolute atomic E-state index is 0.203. The third kappa shape index (κ3) is 25.1. The fourth-order valence-corrected chi connectivity index (χ4v) is 6.12. The molecule has 0 aliphatic carbocycles. The lowest BCUT2D eigenvalue weighted by Gasteiger charge is -2.26. The zero-order chi connectivity index (χ0) is 42.2. The maximum atomic E-state index is 12.7. The molecule has 20 heteroatoms. The second-order valence-electron chi connectivity index (χ2n) is 16.0. The SMILES string of the molecule is CC(C)(C)OC(=O)NC(CCC(=O)NC(CSSCC(NC(=O)CCC(NC(=O)OC(C)(C)C)C(=O)OC(C)(C)C)C(=O)O)C(=O)O)C(=O)OC(C)(C)C. The highest BCUT2D eigenvalue weighted by molar-refractivity contribution is 8.76. The summed E-state index contributed by atoms with van der Waals surface area (Å²) in [6.45, 7) is 19.5. The number of hydrogen-bond acceptors (Lipinski definition) is 14. The van der Waals surface area contributed by atoms with Crippen LogP contribution in [0.15, 0.2) is 0 Å². The summed E-state index contributed by atoms with van der Waals surface area (Å²) in [6.07, 6.45) is -3.01. The fourth-order valence-electron chi connectivity index (χ4n) is 3.81. The largest absolute Gasteiger partial charge is 0.480 e. The molecule has 0 heterocycles. The number of carbonyl (C=O) groups excluding carboxylic acids is 6. The number of hydrogen-bond donors (Lipinski definition) is 6. The molecule has 0 aromatic carbocycles. The van der Waals surface area contributed by atoms with E-state index in [0.717, 1.165) is 21.6 Å². The molecule has 0 aromatic heterocycles. The smallest absolute Gasteiger partial charge is 0.408 e. The minimum Gasteiger partial charge on any atom is -0.480 e. The van der Waals surface area contributed by atoms with Gasteiger partial charge in [-0.25, -0.2) is 28.8 Å². The van der Waals surface area contributed by atoms with Crippen molar-refractivity contribution in [3.05, 3.63) is 0 Å². The van der Waals surface area contributed by atoms with Gasteiger partial charge < -0.3 is 50.4 Å². The molecular formula is C34H58N4O14S2. The monoisotopic (exact) mass is 810 g/mol. The lowest BCUT2D eigenvalue weighted by atomic mass is 10.1. The van der Waals surface area contributed by atoms with Gasteiger partial charge in [-0.05, 0) is 95.9 Å². The average Bonchev–Trinajstić information content (AvgIpc) is 2.94. The standard InChI is InChI=1S/C34H58N4O14S2/c1-31(2,3)49-27(45)19(37-29(47)51-33(7,8)9)13-15-23(39)35-21(25(41)42)17-53-54-18-22(26(43)44)36-24(40)16-14-20(28(46)50-32(4,5)6)38-30(48)52-34(10,11)12/h19-22H,13-18H2,1-12H3,(H,35,39)(H,36,40)(H,37,47)(H,38,48)(H,41,42)(H,43,44).